The molecule has 1 aromatic rings. The molecule has 0 aromatic heterocycles. The summed E-state index contributed by atoms with van der Waals surface area (Å²) in [6.07, 6.45) is 2.43. The molecule has 0 bridgehead atoms. The number of rotatable bonds is 5. The van der Waals surface area contributed by atoms with Crippen molar-refractivity contribution in [2.75, 3.05) is 12.3 Å². The first-order chi connectivity index (χ1) is 8.93. The van der Waals surface area contributed by atoms with Gasteiger partial charge in [-0.3, -0.25) is 9.59 Å². The normalized spacial score (nSPS) is 12.3. The van der Waals surface area contributed by atoms with Crippen LogP contribution in [0.25, 0.3) is 6.08 Å². The minimum atomic E-state index is -1.15. The van der Waals surface area contributed by atoms with Crippen LogP contribution in [-0.4, -0.2) is 34.7 Å². The third kappa shape index (κ3) is 4.32. The molecule has 0 saturated carbocycles. The number of amides is 2. The van der Waals surface area contributed by atoms with E-state index in [0.717, 1.165) is 6.08 Å². The Morgan fingerprint density at radius 1 is 1.42 bits per heavy atom. The molecule has 1 aromatic carbocycles. The molecule has 0 saturated heterocycles. The third-order valence-corrected chi connectivity index (χ3v) is 2.31. The van der Waals surface area contributed by atoms with E-state index in [2.05, 4.69) is 5.32 Å². The Balaban J connectivity index is 2.73. The second kappa shape index (κ2) is 6.41. The maximum Gasteiger partial charge on any atom is 0.244 e. The molecule has 19 heavy (non-hydrogen) atoms. The van der Waals surface area contributed by atoms with Gasteiger partial charge in [-0.2, -0.15) is 0 Å². The molecule has 7 N–H and O–H groups in total. The number of aliphatic hydroxyl groups is 1. The van der Waals surface area contributed by atoms with Gasteiger partial charge in [0.05, 0.1) is 6.61 Å². The van der Waals surface area contributed by atoms with Crippen molar-refractivity contribution in [1.82, 2.24) is 5.32 Å². The molecule has 0 aliphatic carbocycles. The minimum Gasteiger partial charge on any atom is -0.507 e. The second-order valence-corrected chi connectivity index (χ2v) is 3.80. The highest BCUT2D eigenvalue weighted by atomic mass is 16.3. The van der Waals surface area contributed by atoms with Crippen molar-refractivity contribution < 1.29 is 19.8 Å². The van der Waals surface area contributed by atoms with E-state index in [1.807, 2.05) is 0 Å². The molecule has 0 spiro atoms. The highest BCUT2D eigenvalue weighted by Gasteiger charge is 2.15. The number of nitrogens with two attached hydrogens (primary N) is 2. The molecule has 7 heteroatoms. The average molecular weight is 265 g/mol. The molecule has 0 heterocycles. The van der Waals surface area contributed by atoms with Crippen molar-refractivity contribution in [2.24, 2.45) is 5.73 Å². The molecule has 0 aliphatic heterocycles. The molecular formula is C12H15N3O4. The van der Waals surface area contributed by atoms with E-state index in [0.29, 0.717) is 11.3 Å². The highest BCUT2D eigenvalue weighted by molar-refractivity contribution is 5.95. The second-order valence-electron chi connectivity index (χ2n) is 3.80. The van der Waals surface area contributed by atoms with E-state index >= 15 is 0 Å². The van der Waals surface area contributed by atoms with Gasteiger partial charge in [-0.15, -0.1) is 0 Å². The Morgan fingerprint density at radius 2 is 2.11 bits per heavy atom. The van der Waals surface area contributed by atoms with E-state index in [9.17, 15) is 14.7 Å². The van der Waals surface area contributed by atoms with Crippen LogP contribution in [0.5, 0.6) is 5.75 Å². The van der Waals surface area contributed by atoms with Crippen LogP contribution in [0.3, 0.4) is 0 Å². The highest BCUT2D eigenvalue weighted by Crippen LogP contribution is 2.20. The summed E-state index contributed by atoms with van der Waals surface area (Å²) in [6, 6.07) is 3.25. The number of anilines is 1. The van der Waals surface area contributed by atoms with Gasteiger partial charge in [-0.05, 0) is 24.3 Å². The Morgan fingerprint density at radius 3 is 2.68 bits per heavy atom. The lowest BCUT2D eigenvalue weighted by atomic mass is 10.1. The van der Waals surface area contributed by atoms with Gasteiger partial charge in [-0.1, -0.05) is 0 Å². The van der Waals surface area contributed by atoms with Crippen molar-refractivity contribution in [3.05, 3.63) is 29.8 Å². The molecule has 0 fully saturated rings. The molecule has 2 amide bonds. The van der Waals surface area contributed by atoms with Crippen molar-refractivity contribution >= 4 is 23.6 Å². The lowest BCUT2D eigenvalue weighted by Gasteiger charge is -2.10. The predicted molar refractivity (Wildman–Crippen MR) is 69.8 cm³/mol. The summed E-state index contributed by atoms with van der Waals surface area (Å²) in [6.45, 7) is -0.585. The average Bonchev–Trinajstić information content (AvgIpc) is 2.36. The minimum absolute atomic E-state index is 0.0353. The van der Waals surface area contributed by atoms with Gasteiger partial charge in [0, 0.05) is 17.3 Å². The summed E-state index contributed by atoms with van der Waals surface area (Å²) in [5.41, 5.74) is 11.3. The summed E-state index contributed by atoms with van der Waals surface area (Å²) in [4.78, 5) is 22.3. The zero-order valence-electron chi connectivity index (χ0n) is 10.0. The fourth-order valence-electron chi connectivity index (χ4n) is 1.30. The number of nitrogens with one attached hydrogen (secondary N) is 1. The van der Waals surface area contributed by atoms with Crippen LogP contribution in [0.1, 0.15) is 5.56 Å². The summed E-state index contributed by atoms with van der Waals surface area (Å²) < 4.78 is 0. The maximum atomic E-state index is 11.5. The van der Waals surface area contributed by atoms with Gasteiger partial charge < -0.3 is 27.0 Å². The van der Waals surface area contributed by atoms with Gasteiger partial charge >= 0.3 is 0 Å². The zero-order chi connectivity index (χ0) is 14.4. The van der Waals surface area contributed by atoms with Gasteiger partial charge in [0.2, 0.25) is 11.8 Å². The van der Waals surface area contributed by atoms with Gasteiger partial charge in [0.1, 0.15) is 11.8 Å². The van der Waals surface area contributed by atoms with E-state index < -0.39 is 24.5 Å². The number of phenolic OH excluding ortho intramolecular Hbond substituents is 1. The molecule has 102 valence electrons. The summed E-state index contributed by atoms with van der Waals surface area (Å²) in [7, 11) is 0. The maximum absolute atomic E-state index is 11.5. The van der Waals surface area contributed by atoms with E-state index in [1.165, 1.54) is 24.3 Å². The van der Waals surface area contributed by atoms with Crippen LogP contribution < -0.4 is 16.8 Å². The Bertz CT molecular complexity index is 514. The first-order valence-corrected chi connectivity index (χ1v) is 5.41. The van der Waals surface area contributed by atoms with Crippen LogP contribution in [0.4, 0.5) is 5.69 Å². The van der Waals surface area contributed by atoms with E-state index in [-0.39, 0.29) is 5.75 Å². The van der Waals surface area contributed by atoms with Gasteiger partial charge in [-0.25, -0.2) is 0 Å². The quantitative estimate of drug-likeness (QED) is 0.262. The molecular weight excluding hydrogens is 250 g/mol. The topological polar surface area (TPSA) is 139 Å². The predicted octanol–water partition coefficient (Wildman–Crippen LogP) is -1.05. The Hall–Kier alpha value is -2.54. The third-order valence-electron chi connectivity index (χ3n) is 2.31. The lowest BCUT2D eigenvalue weighted by Crippen LogP contribution is -2.46. The van der Waals surface area contributed by atoms with Crippen molar-refractivity contribution in [3.8, 4) is 5.75 Å². The molecule has 1 unspecified atom stereocenters. The number of hydrogen-bond acceptors (Lipinski definition) is 5. The van der Waals surface area contributed by atoms with Crippen molar-refractivity contribution in [2.45, 2.75) is 6.04 Å². The monoisotopic (exact) mass is 265 g/mol. The fraction of sp³-hybridized carbons (Fsp3) is 0.167. The fourth-order valence-corrected chi connectivity index (χ4v) is 1.30. The number of phenols is 1. The molecule has 0 aliphatic rings. The largest absolute Gasteiger partial charge is 0.507 e. The van der Waals surface area contributed by atoms with Gasteiger partial charge in [0.15, 0.2) is 0 Å². The number of aromatic hydroxyl groups is 1. The smallest absolute Gasteiger partial charge is 0.244 e. The number of nitrogen functional groups attached to an aromatic ring is 1. The molecule has 0 radical (unpaired) electrons. The SMILES string of the molecule is NC(=O)C(CO)NC(=O)C=Cc1cc(N)ccc1O. The Kier molecular flexibility index (Phi) is 4.90. The van der Waals surface area contributed by atoms with Crippen LogP contribution in [0.2, 0.25) is 0 Å². The lowest BCUT2D eigenvalue weighted by molar-refractivity contribution is -0.125. The summed E-state index contributed by atoms with van der Waals surface area (Å²) >= 11 is 0. The van der Waals surface area contributed by atoms with E-state index in [4.69, 9.17) is 16.6 Å². The molecule has 1 atom stereocenters. The number of carbonyl (C=O) groups is 2. The first-order valence-electron chi connectivity index (χ1n) is 5.41. The number of benzene rings is 1. The van der Waals surface area contributed by atoms with Crippen LogP contribution in [-0.2, 0) is 9.59 Å². The van der Waals surface area contributed by atoms with Crippen molar-refractivity contribution in [1.29, 1.82) is 0 Å². The molecule has 7 nitrogen and oxygen atoms in total. The summed E-state index contributed by atoms with van der Waals surface area (Å²) in [5.74, 6) is -1.50. The first kappa shape index (κ1) is 14.5. The van der Waals surface area contributed by atoms with Crippen LogP contribution in [0, 0.1) is 0 Å². The van der Waals surface area contributed by atoms with E-state index in [1.54, 1.807) is 0 Å². The number of aliphatic hydroxyl groups excluding tert-OH is 1. The number of hydrogen-bond donors (Lipinski definition) is 5. The van der Waals surface area contributed by atoms with Gasteiger partial charge in [0.25, 0.3) is 0 Å². The summed E-state index contributed by atoms with van der Waals surface area (Å²) in [5, 5.41) is 20.5. The number of primary amides is 1. The zero-order valence-corrected chi connectivity index (χ0v) is 10.0. The van der Waals surface area contributed by atoms with Crippen LogP contribution >= 0.6 is 0 Å². The standard InChI is InChI=1S/C12H15N3O4/c13-8-2-3-10(17)7(5-8)1-4-11(18)15-9(6-16)12(14)19/h1-5,9,16-17H,6,13H2,(H2,14,19)(H,15,18). The molecule has 1 rings (SSSR count). The van der Waals surface area contributed by atoms with Crippen LogP contribution in [0.15, 0.2) is 24.3 Å². The number of carbonyl (C=O) groups excluding carboxylic acids is 2. The van der Waals surface area contributed by atoms with Crippen molar-refractivity contribution in [3.63, 3.8) is 0 Å². The Labute approximate surface area is 109 Å².